The lowest BCUT2D eigenvalue weighted by Gasteiger charge is -2.12. The maximum Gasteiger partial charge on any atom is 0.191 e. The molecule has 1 aromatic carbocycles. The molecular weight excluding hydrogens is 437 g/mol. The molecule has 0 aliphatic rings. The predicted molar refractivity (Wildman–Crippen MR) is 111 cm³/mol. The van der Waals surface area contributed by atoms with Gasteiger partial charge in [0, 0.05) is 24.5 Å². The van der Waals surface area contributed by atoms with E-state index in [1.807, 2.05) is 24.3 Å². The van der Waals surface area contributed by atoms with Crippen LogP contribution in [0.15, 0.2) is 46.8 Å². The van der Waals surface area contributed by atoms with Gasteiger partial charge >= 0.3 is 0 Å². The van der Waals surface area contributed by atoms with Gasteiger partial charge in [-0.25, -0.2) is 0 Å². The Balaban J connectivity index is 0.00000288. The standard InChI is InChI=1S/C17H23N3O2S.HI/c1-18-17(19-9-8-16-7-4-12-23-16)20-10-11-22-15-6-3-5-14(13-15)21-2;/h3-7,12-13H,8-11H2,1-2H3,(H2,18,19,20);1H. The van der Waals surface area contributed by atoms with Gasteiger partial charge in [-0.15, -0.1) is 35.3 Å². The molecule has 5 nitrogen and oxygen atoms in total. The zero-order chi connectivity index (χ0) is 16.3. The highest BCUT2D eigenvalue weighted by atomic mass is 127. The summed E-state index contributed by atoms with van der Waals surface area (Å²) in [5.74, 6) is 2.38. The van der Waals surface area contributed by atoms with E-state index in [1.165, 1.54) is 4.88 Å². The Morgan fingerprint density at radius 1 is 1.12 bits per heavy atom. The second-order valence-electron chi connectivity index (χ2n) is 4.78. The third-order valence-corrected chi connectivity index (χ3v) is 4.11. The van der Waals surface area contributed by atoms with E-state index in [0.717, 1.165) is 30.4 Å². The lowest BCUT2D eigenvalue weighted by atomic mass is 10.3. The summed E-state index contributed by atoms with van der Waals surface area (Å²) in [6.07, 6.45) is 0.999. The Hall–Kier alpha value is -1.48. The molecule has 24 heavy (non-hydrogen) atoms. The van der Waals surface area contributed by atoms with Crippen LogP contribution in [-0.4, -0.2) is 39.8 Å². The highest BCUT2D eigenvalue weighted by molar-refractivity contribution is 14.0. The molecular formula is C17H24IN3O2S. The fourth-order valence-electron chi connectivity index (χ4n) is 2.01. The minimum atomic E-state index is 0. The topological polar surface area (TPSA) is 54.9 Å². The lowest BCUT2D eigenvalue weighted by Crippen LogP contribution is -2.40. The second-order valence-corrected chi connectivity index (χ2v) is 5.81. The van der Waals surface area contributed by atoms with Crippen LogP contribution in [0.2, 0.25) is 0 Å². The zero-order valence-electron chi connectivity index (χ0n) is 14.0. The first kappa shape index (κ1) is 20.6. The van der Waals surface area contributed by atoms with Crippen LogP contribution in [0.1, 0.15) is 4.88 Å². The average molecular weight is 461 g/mol. The normalized spacial score (nSPS) is 10.7. The van der Waals surface area contributed by atoms with Crippen molar-refractivity contribution in [2.45, 2.75) is 6.42 Å². The summed E-state index contributed by atoms with van der Waals surface area (Å²) in [6, 6.07) is 11.8. The van der Waals surface area contributed by atoms with Gasteiger partial charge in [0.25, 0.3) is 0 Å². The molecule has 0 spiro atoms. The van der Waals surface area contributed by atoms with Crippen molar-refractivity contribution in [3.8, 4) is 11.5 Å². The lowest BCUT2D eigenvalue weighted by molar-refractivity contribution is 0.319. The molecule has 0 unspecified atom stereocenters. The smallest absolute Gasteiger partial charge is 0.191 e. The molecule has 2 rings (SSSR count). The maximum absolute atomic E-state index is 5.68. The number of hydrogen-bond acceptors (Lipinski definition) is 4. The summed E-state index contributed by atoms with van der Waals surface area (Å²) in [5, 5.41) is 8.62. The average Bonchev–Trinajstić information content (AvgIpc) is 3.10. The third-order valence-electron chi connectivity index (χ3n) is 3.17. The fourth-order valence-corrected chi connectivity index (χ4v) is 2.72. The Morgan fingerprint density at radius 3 is 2.62 bits per heavy atom. The van der Waals surface area contributed by atoms with Crippen molar-refractivity contribution in [2.24, 2.45) is 4.99 Å². The third kappa shape index (κ3) is 7.39. The maximum atomic E-state index is 5.68. The molecule has 132 valence electrons. The Morgan fingerprint density at radius 2 is 1.92 bits per heavy atom. The Bertz CT molecular complexity index is 606. The monoisotopic (exact) mass is 461 g/mol. The number of nitrogens with zero attached hydrogens (tertiary/aromatic N) is 1. The summed E-state index contributed by atoms with van der Waals surface area (Å²) in [4.78, 5) is 5.57. The van der Waals surface area contributed by atoms with Crippen LogP contribution in [0.4, 0.5) is 0 Å². The van der Waals surface area contributed by atoms with Crippen molar-refractivity contribution in [1.82, 2.24) is 10.6 Å². The summed E-state index contributed by atoms with van der Waals surface area (Å²) in [6.45, 7) is 2.09. The number of aliphatic imine (C=N–C) groups is 1. The van der Waals surface area contributed by atoms with Gasteiger partial charge in [-0.2, -0.15) is 0 Å². The van der Waals surface area contributed by atoms with Gasteiger partial charge in [0.2, 0.25) is 0 Å². The predicted octanol–water partition coefficient (Wildman–Crippen LogP) is 3.16. The molecule has 0 fully saturated rings. The summed E-state index contributed by atoms with van der Waals surface area (Å²) >= 11 is 1.77. The molecule has 0 radical (unpaired) electrons. The molecule has 0 aliphatic heterocycles. The van der Waals surface area contributed by atoms with Gasteiger partial charge in [0.05, 0.1) is 13.7 Å². The van der Waals surface area contributed by atoms with E-state index < -0.39 is 0 Å². The van der Waals surface area contributed by atoms with Gasteiger partial charge in [0.1, 0.15) is 18.1 Å². The first-order valence-electron chi connectivity index (χ1n) is 7.55. The van der Waals surface area contributed by atoms with Gasteiger partial charge in [-0.3, -0.25) is 4.99 Å². The summed E-state index contributed by atoms with van der Waals surface area (Å²) in [7, 11) is 3.41. The van der Waals surface area contributed by atoms with Crippen LogP contribution in [-0.2, 0) is 6.42 Å². The highest BCUT2D eigenvalue weighted by Crippen LogP contribution is 2.18. The van der Waals surface area contributed by atoms with Gasteiger partial charge in [-0.05, 0) is 30.0 Å². The molecule has 0 bridgehead atoms. The Kier molecular flexibility index (Phi) is 10.3. The van der Waals surface area contributed by atoms with E-state index >= 15 is 0 Å². The molecule has 0 aliphatic carbocycles. The van der Waals surface area contributed by atoms with Crippen LogP contribution in [0, 0.1) is 0 Å². The van der Waals surface area contributed by atoms with Gasteiger partial charge in [-0.1, -0.05) is 12.1 Å². The molecule has 1 aromatic heterocycles. The van der Waals surface area contributed by atoms with Crippen LogP contribution < -0.4 is 20.1 Å². The molecule has 1 heterocycles. The molecule has 7 heteroatoms. The number of halogens is 1. The molecule has 0 saturated carbocycles. The number of guanidine groups is 1. The summed E-state index contributed by atoms with van der Waals surface area (Å²) in [5.41, 5.74) is 0. The molecule has 2 N–H and O–H groups in total. The number of rotatable bonds is 8. The zero-order valence-corrected chi connectivity index (χ0v) is 17.1. The van der Waals surface area contributed by atoms with E-state index in [-0.39, 0.29) is 24.0 Å². The van der Waals surface area contributed by atoms with Crippen molar-refractivity contribution >= 4 is 41.3 Å². The number of ether oxygens (including phenoxy) is 2. The van der Waals surface area contributed by atoms with Crippen molar-refractivity contribution in [3.63, 3.8) is 0 Å². The van der Waals surface area contributed by atoms with Crippen molar-refractivity contribution in [2.75, 3.05) is 33.9 Å². The van der Waals surface area contributed by atoms with Crippen LogP contribution in [0.3, 0.4) is 0 Å². The van der Waals surface area contributed by atoms with E-state index in [4.69, 9.17) is 9.47 Å². The summed E-state index contributed by atoms with van der Waals surface area (Å²) < 4.78 is 10.9. The quantitative estimate of drug-likeness (QED) is 0.275. The molecule has 2 aromatic rings. The highest BCUT2D eigenvalue weighted by Gasteiger charge is 2.00. The number of thiophene rings is 1. The van der Waals surface area contributed by atoms with Crippen molar-refractivity contribution < 1.29 is 9.47 Å². The minimum Gasteiger partial charge on any atom is -0.497 e. The number of benzene rings is 1. The van der Waals surface area contributed by atoms with Crippen LogP contribution in [0.25, 0.3) is 0 Å². The van der Waals surface area contributed by atoms with Gasteiger partial charge < -0.3 is 20.1 Å². The number of nitrogens with one attached hydrogen (secondary N) is 2. The molecule has 0 atom stereocenters. The number of hydrogen-bond donors (Lipinski definition) is 2. The van der Waals surface area contributed by atoms with Crippen molar-refractivity contribution in [3.05, 3.63) is 46.7 Å². The molecule has 0 amide bonds. The first-order valence-corrected chi connectivity index (χ1v) is 8.43. The second kappa shape index (κ2) is 12.0. The van der Waals surface area contributed by atoms with Crippen molar-refractivity contribution in [1.29, 1.82) is 0 Å². The van der Waals surface area contributed by atoms with E-state index in [1.54, 1.807) is 25.5 Å². The van der Waals surface area contributed by atoms with Crippen LogP contribution >= 0.6 is 35.3 Å². The van der Waals surface area contributed by atoms with E-state index in [9.17, 15) is 0 Å². The SMILES string of the molecule is CN=C(NCCOc1cccc(OC)c1)NCCc1cccs1.I. The Labute approximate surface area is 164 Å². The first-order chi connectivity index (χ1) is 11.3. The molecule has 0 saturated heterocycles. The van der Waals surface area contributed by atoms with Crippen LogP contribution in [0.5, 0.6) is 11.5 Å². The van der Waals surface area contributed by atoms with E-state index in [0.29, 0.717) is 13.2 Å². The fraction of sp³-hybridized carbons (Fsp3) is 0.353. The van der Waals surface area contributed by atoms with E-state index in [2.05, 4.69) is 33.1 Å². The number of methoxy groups -OCH3 is 1. The van der Waals surface area contributed by atoms with Gasteiger partial charge in [0.15, 0.2) is 5.96 Å². The minimum absolute atomic E-state index is 0. The largest absolute Gasteiger partial charge is 0.497 e.